The number of hydrogen-bond donors (Lipinski definition) is 2. The second-order valence-electron chi connectivity index (χ2n) is 1.45. The third kappa shape index (κ3) is 0.318. The molecular weight excluding hydrogens is 102 g/mol. The van der Waals surface area contributed by atoms with Gasteiger partial charge in [-0.1, -0.05) is 10.2 Å². The first-order chi connectivity index (χ1) is 2.41. The molecule has 0 aromatic rings. The van der Waals surface area contributed by atoms with Crippen molar-refractivity contribution in [3.05, 3.63) is 0 Å². The van der Waals surface area contributed by atoms with Gasteiger partial charge in [0.1, 0.15) is 17.5 Å². The van der Waals surface area contributed by atoms with E-state index in [1.165, 1.54) is 0 Å². The van der Waals surface area contributed by atoms with Gasteiger partial charge in [0.25, 0.3) is 0 Å². The van der Waals surface area contributed by atoms with E-state index in [0.29, 0.717) is 22.6 Å². The Morgan fingerprint density at radius 3 is 1.60 bits per heavy atom. The molecule has 2 rings (SSSR count). The molecule has 0 radical (unpaired) electrons. The molecule has 0 aromatic carbocycles. The third-order valence-corrected chi connectivity index (χ3v) is 4.73. The van der Waals surface area contributed by atoms with E-state index >= 15 is 0 Å². The lowest BCUT2D eigenvalue weighted by molar-refractivity contribution is 1.01. The van der Waals surface area contributed by atoms with Crippen molar-refractivity contribution in [2.75, 3.05) is 0 Å². The van der Waals surface area contributed by atoms with Crippen LogP contribution in [-0.4, -0.2) is 5.15 Å². The monoisotopic (exact) mass is 108 g/mol. The number of nitrogens with one attached hydrogen (secondary N) is 2. The maximum Gasteiger partial charge on any atom is 0.362 e. The lowest BCUT2D eigenvalue weighted by Gasteiger charge is -1.35. The molecule has 2 fully saturated rings. The standard InChI is InChI=1S/CH4N2P2/c2-1(4-2)3-5-1/h2-5H/p+2. The summed E-state index contributed by atoms with van der Waals surface area (Å²) in [5.41, 5.74) is 0. The van der Waals surface area contributed by atoms with Crippen molar-refractivity contribution in [1.82, 2.24) is 10.2 Å². The Kier molecular flexibility index (Phi) is 0.338. The average molecular weight is 108 g/mol. The van der Waals surface area contributed by atoms with E-state index in [1.807, 2.05) is 0 Å². The van der Waals surface area contributed by atoms with Crippen molar-refractivity contribution in [1.29, 1.82) is 0 Å². The van der Waals surface area contributed by atoms with E-state index in [0.717, 1.165) is 0 Å². The van der Waals surface area contributed by atoms with Gasteiger partial charge in [0.05, 0.1) is 0 Å². The molecule has 2 unspecified atom stereocenters. The maximum atomic E-state index is 3.29. The summed E-state index contributed by atoms with van der Waals surface area (Å²) >= 11 is 0. The SMILES string of the molecule is N1[PH2+]C12N[PH2+]2. The summed E-state index contributed by atoms with van der Waals surface area (Å²) in [6.07, 6.45) is 0. The lowest BCUT2D eigenvalue weighted by Crippen LogP contribution is -1.90. The van der Waals surface area contributed by atoms with Gasteiger partial charge in [-0.2, -0.15) is 0 Å². The Hall–Kier alpha value is 0.780. The van der Waals surface area contributed by atoms with Crippen LogP contribution >= 0.6 is 17.5 Å². The molecule has 2 aliphatic rings. The van der Waals surface area contributed by atoms with Crippen LogP contribution in [-0.2, 0) is 0 Å². The van der Waals surface area contributed by atoms with Crippen LogP contribution in [0.3, 0.4) is 0 Å². The van der Waals surface area contributed by atoms with Crippen LogP contribution in [0.2, 0.25) is 0 Å². The molecule has 1 spiro atoms. The molecule has 2 saturated heterocycles. The maximum absolute atomic E-state index is 3.29. The van der Waals surface area contributed by atoms with E-state index in [2.05, 4.69) is 10.2 Å². The zero-order valence-electron chi connectivity index (χ0n) is 2.65. The molecule has 0 bridgehead atoms. The molecule has 0 aliphatic carbocycles. The zero-order valence-corrected chi connectivity index (χ0v) is 4.96. The van der Waals surface area contributed by atoms with Crippen LogP contribution in [0, 0.1) is 0 Å². The molecular formula is CH6N2P2+2. The van der Waals surface area contributed by atoms with E-state index < -0.39 is 0 Å². The second kappa shape index (κ2) is 0.588. The average Bonchev–Trinajstić information content (AvgIpc) is 2.17. The van der Waals surface area contributed by atoms with E-state index in [-0.39, 0.29) is 0 Å². The van der Waals surface area contributed by atoms with Gasteiger partial charge in [-0.15, -0.1) is 0 Å². The van der Waals surface area contributed by atoms with Crippen molar-refractivity contribution >= 4 is 17.5 Å². The largest absolute Gasteiger partial charge is 0.362 e. The van der Waals surface area contributed by atoms with Crippen LogP contribution in [0.1, 0.15) is 0 Å². The minimum absolute atomic E-state index is 0.664. The van der Waals surface area contributed by atoms with Gasteiger partial charge in [0.15, 0.2) is 0 Å². The molecule has 0 aromatic heterocycles. The molecule has 2 atom stereocenters. The van der Waals surface area contributed by atoms with Gasteiger partial charge >= 0.3 is 5.15 Å². The fourth-order valence-corrected chi connectivity index (χ4v) is 2.47. The molecule has 2 nitrogen and oxygen atoms in total. The lowest BCUT2D eigenvalue weighted by atomic mass is 11.2. The first kappa shape index (κ1) is 2.87. The van der Waals surface area contributed by atoms with E-state index in [1.54, 1.807) is 0 Å². The molecule has 2 N–H and O–H groups in total. The highest BCUT2D eigenvalue weighted by Crippen LogP contribution is 2.65. The molecule has 0 amide bonds. The molecule has 4 heteroatoms. The van der Waals surface area contributed by atoms with Crippen molar-refractivity contribution in [2.45, 2.75) is 5.15 Å². The summed E-state index contributed by atoms with van der Waals surface area (Å²) in [5.74, 6) is 0. The second-order valence-corrected chi connectivity index (χ2v) is 5.09. The van der Waals surface area contributed by atoms with Crippen molar-refractivity contribution in [3.63, 3.8) is 0 Å². The van der Waals surface area contributed by atoms with Crippen LogP contribution in [0.4, 0.5) is 0 Å². The summed E-state index contributed by atoms with van der Waals surface area (Å²) in [6, 6.07) is 0. The molecule has 0 saturated carbocycles. The molecule has 28 valence electrons. The zero-order chi connectivity index (χ0) is 3.33. The molecule has 2 heterocycles. The van der Waals surface area contributed by atoms with Gasteiger partial charge in [-0.25, -0.2) is 0 Å². The Labute approximate surface area is 33.8 Å². The van der Waals surface area contributed by atoms with Gasteiger partial charge in [-0.05, 0) is 0 Å². The van der Waals surface area contributed by atoms with Crippen molar-refractivity contribution in [2.24, 2.45) is 0 Å². The van der Waals surface area contributed by atoms with Gasteiger partial charge in [-0.3, -0.25) is 0 Å². The number of hydrogen-bond acceptors (Lipinski definition) is 2. The fraction of sp³-hybridized carbons (Fsp3) is 1.00. The van der Waals surface area contributed by atoms with Crippen LogP contribution in [0.5, 0.6) is 0 Å². The first-order valence-electron chi connectivity index (χ1n) is 1.65. The Bertz CT molecular complexity index is 50.5. The summed E-state index contributed by atoms with van der Waals surface area (Å²) in [4.78, 5) is 0. The van der Waals surface area contributed by atoms with Crippen LogP contribution in [0.25, 0.3) is 0 Å². The quantitative estimate of drug-likeness (QED) is 0.323. The van der Waals surface area contributed by atoms with Crippen molar-refractivity contribution in [3.8, 4) is 0 Å². The third-order valence-electron chi connectivity index (χ3n) is 0.911. The summed E-state index contributed by atoms with van der Waals surface area (Å²) in [5, 5.41) is 7.25. The van der Waals surface area contributed by atoms with E-state index in [4.69, 9.17) is 0 Å². The van der Waals surface area contributed by atoms with Crippen molar-refractivity contribution < 1.29 is 0 Å². The van der Waals surface area contributed by atoms with Crippen LogP contribution < -0.4 is 10.2 Å². The Morgan fingerprint density at radius 2 is 1.60 bits per heavy atom. The highest BCUT2D eigenvalue weighted by molar-refractivity contribution is 7.71. The van der Waals surface area contributed by atoms with Crippen LogP contribution in [0.15, 0.2) is 0 Å². The fourth-order valence-electron chi connectivity index (χ4n) is 0.322. The predicted molar refractivity (Wildman–Crippen MR) is 28.4 cm³/mol. The molecule has 2 aliphatic heterocycles. The van der Waals surface area contributed by atoms with Gasteiger partial charge in [0.2, 0.25) is 0 Å². The normalized spacial score (nSPS) is 67.2. The Morgan fingerprint density at radius 1 is 1.20 bits per heavy atom. The topological polar surface area (TPSA) is 43.9 Å². The van der Waals surface area contributed by atoms with Gasteiger partial charge in [0, 0.05) is 0 Å². The highest BCUT2D eigenvalue weighted by atomic mass is 31.2. The first-order valence-corrected chi connectivity index (χ1v) is 3.96. The smallest absolute Gasteiger partial charge is 0.0971 e. The van der Waals surface area contributed by atoms with E-state index in [9.17, 15) is 0 Å². The van der Waals surface area contributed by atoms with Gasteiger partial charge < -0.3 is 0 Å². The number of rotatable bonds is 0. The predicted octanol–water partition coefficient (Wildman–Crippen LogP) is -0.544. The summed E-state index contributed by atoms with van der Waals surface area (Å²) in [6.45, 7) is 0. The highest BCUT2D eigenvalue weighted by Gasteiger charge is 2.72. The minimum Gasteiger partial charge on any atom is -0.0971 e. The summed E-state index contributed by atoms with van der Waals surface area (Å²) < 4.78 is 0. The molecule has 5 heavy (non-hydrogen) atoms. The Balaban J connectivity index is 2.30. The summed E-state index contributed by atoms with van der Waals surface area (Å²) in [7, 11) is 1.33. The minimum atomic E-state index is 0.664.